The predicted octanol–water partition coefficient (Wildman–Crippen LogP) is 2.90. The zero-order valence-corrected chi connectivity index (χ0v) is 10.7. The van der Waals surface area contributed by atoms with Gasteiger partial charge in [0, 0.05) is 16.2 Å². The fourth-order valence-electron chi connectivity index (χ4n) is 1.86. The van der Waals surface area contributed by atoms with Gasteiger partial charge >= 0.3 is 5.97 Å². The molecule has 3 nitrogen and oxygen atoms in total. The van der Waals surface area contributed by atoms with Crippen molar-refractivity contribution in [3.63, 3.8) is 0 Å². The Morgan fingerprint density at radius 1 is 1.50 bits per heavy atom. The topological polar surface area (TPSA) is 57.5 Å². The van der Waals surface area contributed by atoms with Gasteiger partial charge < -0.3 is 10.2 Å². The van der Waals surface area contributed by atoms with Gasteiger partial charge in [0.05, 0.1) is 6.10 Å². The predicted molar refractivity (Wildman–Crippen MR) is 64.8 cm³/mol. The molecule has 0 spiro atoms. The van der Waals surface area contributed by atoms with Gasteiger partial charge in [0.25, 0.3) is 0 Å². The molecule has 0 saturated heterocycles. The van der Waals surface area contributed by atoms with E-state index >= 15 is 0 Å². The van der Waals surface area contributed by atoms with E-state index in [0.29, 0.717) is 6.42 Å². The first-order chi connectivity index (χ1) is 7.40. The van der Waals surface area contributed by atoms with Crippen LogP contribution in [0.4, 0.5) is 0 Å². The highest BCUT2D eigenvalue weighted by molar-refractivity contribution is 7.12. The highest BCUT2D eigenvalue weighted by Gasteiger charge is 2.18. The van der Waals surface area contributed by atoms with Crippen LogP contribution in [0.5, 0.6) is 0 Å². The first kappa shape index (κ1) is 13.2. The molecule has 0 bridgehead atoms. The van der Waals surface area contributed by atoms with Crippen LogP contribution < -0.4 is 0 Å². The van der Waals surface area contributed by atoms with Crippen LogP contribution >= 0.6 is 11.3 Å². The lowest BCUT2D eigenvalue weighted by Crippen LogP contribution is -2.08. The van der Waals surface area contributed by atoms with Crippen LogP contribution in [0.3, 0.4) is 0 Å². The van der Waals surface area contributed by atoms with Crippen molar-refractivity contribution < 1.29 is 15.0 Å². The largest absolute Gasteiger partial charge is 0.481 e. The number of carbonyl (C=O) groups is 1. The molecule has 2 atom stereocenters. The molecule has 0 saturated carbocycles. The minimum absolute atomic E-state index is 0.00527. The van der Waals surface area contributed by atoms with Crippen LogP contribution in [0.25, 0.3) is 0 Å². The van der Waals surface area contributed by atoms with Gasteiger partial charge in [-0.2, -0.15) is 0 Å². The number of carboxylic acid groups (broad SMARTS) is 1. The van der Waals surface area contributed by atoms with Gasteiger partial charge in [-0.3, -0.25) is 4.79 Å². The Hall–Kier alpha value is -0.870. The highest BCUT2D eigenvalue weighted by Crippen LogP contribution is 2.31. The Balaban J connectivity index is 2.61. The molecule has 2 unspecified atom stereocenters. The molecule has 0 aromatic carbocycles. The lowest BCUT2D eigenvalue weighted by atomic mass is 9.98. The SMILES string of the molecule is Cc1cc(C)c(C(O)CC(C)CC(=O)O)s1. The van der Waals surface area contributed by atoms with Crippen LogP contribution in [0, 0.1) is 19.8 Å². The molecule has 4 heteroatoms. The van der Waals surface area contributed by atoms with E-state index in [1.807, 2.05) is 26.8 Å². The minimum Gasteiger partial charge on any atom is -0.481 e. The van der Waals surface area contributed by atoms with Crippen molar-refractivity contribution in [2.75, 3.05) is 0 Å². The van der Waals surface area contributed by atoms with Crippen molar-refractivity contribution in [3.8, 4) is 0 Å². The standard InChI is InChI=1S/C12H18O3S/c1-7(5-11(14)15)4-10(13)12-8(2)6-9(3)16-12/h6-7,10,13H,4-5H2,1-3H3,(H,14,15). The first-order valence-corrected chi connectivity index (χ1v) is 6.18. The second-order valence-electron chi connectivity index (χ2n) is 4.36. The number of rotatable bonds is 5. The van der Waals surface area contributed by atoms with Crippen molar-refractivity contribution in [2.24, 2.45) is 5.92 Å². The van der Waals surface area contributed by atoms with Gasteiger partial charge in [-0.25, -0.2) is 0 Å². The normalized spacial score (nSPS) is 14.8. The third-order valence-corrected chi connectivity index (χ3v) is 3.78. The van der Waals surface area contributed by atoms with Crippen LogP contribution in [-0.4, -0.2) is 16.2 Å². The van der Waals surface area contributed by atoms with Crippen molar-refractivity contribution in [1.29, 1.82) is 0 Å². The number of hydrogen-bond donors (Lipinski definition) is 2. The van der Waals surface area contributed by atoms with Crippen LogP contribution in [0.1, 0.15) is 41.2 Å². The first-order valence-electron chi connectivity index (χ1n) is 5.37. The van der Waals surface area contributed by atoms with Crippen molar-refractivity contribution in [3.05, 3.63) is 21.4 Å². The zero-order chi connectivity index (χ0) is 12.3. The summed E-state index contributed by atoms with van der Waals surface area (Å²) >= 11 is 1.59. The molecule has 0 aliphatic carbocycles. The summed E-state index contributed by atoms with van der Waals surface area (Å²) in [5.41, 5.74) is 1.09. The molecular formula is C12H18O3S. The summed E-state index contributed by atoms with van der Waals surface area (Å²) in [6.07, 6.45) is 0.0844. The summed E-state index contributed by atoms with van der Waals surface area (Å²) in [4.78, 5) is 12.7. The number of aryl methyl sites for hydroxylation is 2. The van der Waals surface area contributed by atoms with E-state index in [0.717, 1.165) is 10.4 Å². The van der Waals surface area contributed by atoms with E-state index < -0.39 is 12.1 Å². The Kier molecular flexibility index (Phi) is 4.50. The van der Waals surface area contributed by atoms with Crippen LogP contribution in [0.15, 0.2) is 6.07 Å². The molecule has 1 rings (SSSR count). The molecule has 16 heavy (non-hydrogen) atoms. The molecule has 0 aliphatic rings. The Morgan fingerprint density at radius 2 is 2.12 bits per heavy atom. The van der Waals surface area contributed by atoms with Gasteiger partial charge in [-0.05, 0) is 37.8 Å². The molecular weight excluding hydrogens is 224 g/mol. The maximum absolute atomic E-state index is 10.5. The number of thiophene rings is 1. The summed E-state index contributed by atoms with van der Waals surface area (Å²) in [5.74, 6) is -0.812. The van der Waals surface area contributed by atoms with E-state index in [1.54, 1.807) is 11.3 Å². The van der Waals surface area contributed by atoms with E-state index in [2.05, 4.69) is 0 Å². The zero-order valence-electron chi connectivity index (χ0n) is 9.86. The Bertz CT molecular complexity index is 370. The maximum Gasteiger partial charge on any atom is 0.303 e. The van der Waals surface area contributed by atoms with Gasteiger partial charge in [-0.15, -0.1) is 11.3 Å². The fraction of sp³-hybridized carbons (Fsp3) is 0.583. The lowest BCUT2D eigenvalue weighted by molar-refractivity contribution is -0.138. The van der Waals surface area contributed by atoms with E-state index in [4.69, 9.17) is 5.11 Å². The number of aliphatic carboxylic acids is 1. The molecule has 1 aromatic heterocycles. The number of aliphatic hydroxyl groups excluding tert-OH is 1. The van der Waals surface area contributed by atoms with Gasteiger partial charge in [0.2, 0.25) is 0 Å². The Morgan fingerprint density at radius 3 is 2.56 bits per heavy atom. The average molecular weight is 242 g/mol. The quantitative estimate of drug-likeness (QED) is 0.834. The number of aliphatic hydroxyl groups is 1. The average Bonchev–Trinajstić information content (AvgIpc) is 2.43. The van der Waals surface area contributed by atoms with Crippen LogP contribution in [0.2, 0.25) is 0 Å². The monoisotopic (exact) mass is 242 g/mol. The summed E-state index contributed by atoms with van der Waals surface area (Å²) < 4.78 is 0. The van der Waals surface area contributed by atoms with E-state index in [9.17, 15) is 9.90 Å². The number of carboxylic acids is 1. The Labute approximate surface area is 99.7 Å². The van der Waals surface area contributed by atoms with E-state index in [1.165, 1.54) is 4.88 Å². The van der Waals surface area contributed by atoms with E-state index in [-0.39, 0.29) is 12.3 Å². The molecule has 1 aromatic rings. The second-order valence-corrected chi connectivity index (χ2v) is 5.65. The van der Waals surface area contributed by atoms with Crippen molar-refractivity contribution >= 4 is 17.3 Å². The summed E-state index contributed by atoms with van der Waals surface area (Å²) in [6.45, 7) is 5.84. The molecule has 90 valence electrons. The van der Waals surface area contributed by atoms with Gasteiger partial charge in [0.15, 0.2) is 0 Å². The third kappa shape index (κ3) is 3.61. The smallest absolute Gasteiger partial charge is 0.303 e. The molecule has 0 aliphatic heterocycles. The molecule has 0 radical (unpaired) electrons. The van der Waals surface area contributed by atoms with Crippen LogP contribution in [-0.2, 0) is 4.79 Å². The molecule has 0 fully saturated rings. The maximum atomic E-state index is 10.5. The number of hydrogen-bond acceptors (Lipinski definition) is 3. The summed E-state index contributed by atoms with van der Waals surface area (Å²) in [6, 6.07) is 2.05. The van der Waals surface area contributed by atoms with Crippen molar-refractivity contribution in [1.82, 2.24) is 0 Å². The highest BCUT2D eigenvalue weighted by atomic mass is 32.1. The fourth-order valence-corrected chi connectivity index (χ4v) is 2.89. The molecule has 0 amide bonds. The third-order valence-electron chi connectivity index (χ3n) is 2.53. The molecule has 1 heterocycles. The van der Waals surface area contributed by atoms with Crippen molar-refractivity contribution in [2.45, 2.75) is 39.7 Å². The summed E-state index contributed by atoms with van der Waals surface area (Å²) in [5, 5.41) is 18.7. The molecule has 2 N–H and O–H groups in total. The minimum atomic E-state index is -0.807. The van der Waals surface area contributed by atoms with Gasteiger partial charge in [-0.1, -0.05) is 6.92 Å². The second kappa shape index (κ2) is 5.46. The van der Waals surface area contributed by atoms with Gasteiger partial charge in [0.1, 0.15) is 0 Å². The lowest BCUT2D eigenvalue weighted by Gasteiger charge is -2.14. The summed E-state index contributed by atoms with van der Waals surface area (Å²) in [7, 11) is 0.